The van der Waals surface area contributed by atoms with Crippen LogP contribution in [0.5, 0.6) is 0 Å². The standard InChI is InChI=1S/C20H19N5/c1-2-3-15-4-5-18-16(12-15)13-17(14-23-18)19-6-7-22-20(24-19)25-10-8-21-9-11-25/h4-7,12-14,21H,8-11H2,1H3. The molecule has 5 nitrogen and oxygen atoms in total. The lowest BCUT2D eigenvalue weighted by molar-refractivity contribution is 0.580. The largest absolute Gasteiger partial charge is 0.338 e. The number of rotatable bonds is 2. The molecule has 1 aromatic carbocycles. The minimum absolute atomic E-state index is 0.782. The van der Waals surface area contributed by atoms with Crippen molar-refractivity contribution in [3.63, 3.8) is 0 Å². The lowest BCUT2D eigenvalue weighted by Crippen LogP contribution is -2.44. The number of nitrogens with zero attached hydrogens (tertiary/aromatic N) is 4. The molecule has 124 valence electrons. The van der Waals surface area contributed by atoms with Gasteiger partial charge in [-0.1, -0.05) is 5.92 Å². The minimum atomic E-state index is 0.782. The molecule has 1 aliphatic rings. The van der Waals surface area contributed by atoms with Crippen molar-refractivity contribution in [2.45, 2.75) is 6.92 Å². The smallest absolute Gasteiger partial charge is 0.225 e. The Balaban J connectivity index is 1.71. The second kappa shape index (κ2) is 6.88. The Morgan fingerprint density at radius 1 is 1.08 bits per heavy atom. The van der Waals surface area contributed by atoms with Crippen molar-refractivity contribution in [1.82, 2.24) is 20.3 Å². The highest BCUT2D eigenvalue weighted by atomic mass is 15.3. The number of nitrogens with one attached hydrogen (secondary N) is 1. The maximum Gasteiger partial charge on any atom is 0.225 e. The van der Waals surface area contributed by atoms with Crippen molar-refractivity contribution < 1.29 is 0 Å². The molecule has 0 radical (unpaired) electrons. The fourth-order valence-corrected chi connectivity index (χ4v) is 3.02. The summed E-state index contributed by atoms with van der Waals surface area (Å²) in [6, 6.07) is 10.1. The predicted octanol–water partition coefficient (Wildman–Crippen LogP) is 2.47. The molecule has 1 N–H and O–H groups in total. The highest BCUT2D eigenvalue weighted by Crippen LogP contribution is 2.23. The van der Waals surface area contributed by atoms with Crippen LogP contribution in [0.4, 0.5) is 5.95 Å². The highest BCUT2D eigenvalue weighted by molar-refractivity contribution is 5.84. The van der Waals surface area contributed by atoms with Crippen LogP contribution in [0, 0.1) is 11.8 Å². The summed E-state index contributed by atoms with van der Waals surface area (Å²) < 4.78 is 0. The van der Waals surface area contributed by atoms with E-state index in [2.05, 4.69) is 44.2 Å². The molecule has 0 atom stereocenters. The van der Waals surface area contributed by atoms with E-state index in [1.54, 1.807) is 0 Å². The summed E-state index contributed by atoms with van der Waals surface area (Å²) in [6.07, 6.45) is 3.69. The van der Waals surface area contributed by atoms with E-state index in [1.807, 2.05) is 37.5 Å². The minimum Gasteiger partial charge on any atom is -0.338 e. The molecule has 0 amide bonds. The summed E-state index contributed by atoms with van der Waals surface area (Å²) in [4.78, 5) is 16.0. The van der Waals surface area contributed by atoms with Gasteiger partial charge in [0.15, 0.2) is 0 Å². The maximum absolute atomic E-state index is 4.75. The summed E-state index contributed by atoms with van der Waals surface area (Å²) >= 11 is 0. The number of anilines is 1. The normalized spacial score (nSPS) is 14.2. The summed E-state index contributed by atoms with van der Waals surface area (Å²) in [5, 5.41) is 4.42. The van der Waals surface area contributed by atoms with Gasteiger partial charge >= 0.3 is 0 Å². The first-order valence-corrected chi connectivity index (χ1v) is 8.45. The molecule has 5 heteroatoms. The van der Waals surface area contributed by atoms with Crippen LogP contribution >= 0.6 is 0 Å². The Morgan fingerprint density at radius 3 is 2.80 bits per heavy atom. The lowest BCUT2D eigenvalue weighted by Gasteiger charge is -2.27. The number of benzene rings is 1. The molecule has 1 saturated heterocycles. The number of piperazine rings is 1. The topological polar surface area (TPSA) is 53.9 Å². The molecule has 0 unspecified atom stereocenters. The van der Waals surface area contributed by atoms with E-state index in [9.17, 15) is 0 Å². The zero-order valence-corrected chi connectivity index (χ0v) is 14.2. The van der Waals surface area contributed by atoms with Gasteiger partial charge in [0.25, 0.3) is 0 Å². The number of hydrogen-bond acceptors (Lipinski definition) is 5. The zero-order chi connectivity index (χ0) is 17.1. The summed E-state index contributed by atoms with van der Waals surface area (Å²) in [6.45, 7) is 5.63. The van der Waals surface area contributed by atoms with Crippen LogP contribution in [0.1, 0.15) is 12.5 Å². The van der Waals surface area contributed by atoms with E-state index in [-0.39, 0.29) is 0 Å². The van der Waals surface area contributed by atoms with E-state index in [0.29, 0.717) is 0 Å². The Labute approximate surface area is 147 Å². The second-order valence-corrected chi connectivity index (χ2v) is 5.99. The lowest BCUT2D eigenvalue weighted by atomic mass is 10.1. The first-order valence-electron chi connectivity index (χ1n) is 8.45. The van der Waals surface area contributed by atoms with Crippen molar-refractivity contribution in [2.24, 2.45) is 0 Å². The molecule has 0 saturated carbocycles. The van der Waals surface area contributed by atoms with Crippen molar-refractivity contribution in [3.8, 4) is 23.1 Å². The number of hydrogen-bond donors (Lipinski definition) is 1. The summed E-state index contributed by atoms with van der Waals surface area (Å²) in [5.74, 6) is 6.81. The molecular weight excluding hydrogens is 310 g/mol. The van der Waals surface area contributed by atoms with E-state index >= 15 is 0 Å². The Kier molecular flexibility index (Phi) is 4.28. The van der Waals surface area contributed by atoms with Crippen molar-refractivity contribution in [1.29, 1.82) is 0 Å². The molecule has 3 aromatic rings. The molecule has 0 aliphatic carbocycles. The molecule has 1 fully saturated rings. The molecular formula is C20H19N5. The average molecular weight is 329 g/mol. The van der Waals surface area contributed by atoms with Gasteiger partial charge in [0.2, 0.25) is 5.95 Å². The molecule has 4 rings (SSSR count). The van der Waals surface area contributed by atoms with Gasteiger partial charge in [-0.15, -0.1) is 5.92 Å². The molecule has 2 aromatic heterocycles. The number of pyridine rings is 1. The Bertz CT molecular complexity index is 964. The van der Waals surface area contributed by atoms with Gasteiger partial charge in [0.05, 0.1) is 11.2 Å². The Hall–Kier alpha value is -2.97. The quantitative estimate of drug-likeness (QED) is 0.732. The van der Waals surface area contributed by atoms with Crippen molar-refractivity contribution >= 4 is 16.9 Å². The first-order chi connectivity index (χ1) is 12.3. The van der Waals surface area contributed by atoms with E-state index in [0.717, 1.165) is 59.9 Å². The van der Waals surface area contributed by atoms with E-state index < -0.39 is 0 Å². The molecule has 1 aliphatic heterocycles. The third-order valence-electron chi connectivity index (χ3n) is 4.29. The van der Waals surface area contributed by atoms with Gasteiger partial charge in [-0.2, -0.15) is 0 Å². The third kappa shape index (κ3) is 3.30. The van der Waals surface area contributed by atoms with Crippen molar-refractivity contribution in [2.75, 3.05) is 31.1 Å². The second-order valence-electron chi connectivity index (χ2n) is 5.99. The maximum atomic E-state index is 4.75. The fourth-order valence-electron chi connectivity index (χ4n) is 3.02. The van der Waals surface area contributed by atoms with E-state index in [1.165, 1.54) is 0 Å². The van der Waals surface area contributed by atoms with Gasteiger partial charge < -0.3 is 10.2 Å². The predicted molar refractivity (Wildman–Crippen MR) is 100 cm³/mol. The van der Waals surface area contributed by atoms with Crippen LogP contribution in [0.2, 0.25) is 0 Å². The fraction of sp³-hybridized carbons (Fsp3) is 0.250. The molecule has 0 bridgehead atoms. The van der Waals surface area contributed by atoms with Crippen LogP contribution in [-0.2, 0) is 0 Å². The van der Waals surface area contributed by atoms with Gasteiger partial charge in [0.1, 0.15) is 0 Å². The van der Waals surface area contributed by atoms with Crippen LogP contribution in [0.15, 0.2) is 42.7 Å². The van der Waals surface area contributed by atoms with Gasteiger partial charge in [-0.05, 0) is 37.3 Å². The Morgan fingerprint density at radius 2 is 1.96 bits per heavy atom. The van der Waals surface area contributed by atoms with Gasteiger partial charge in [-0.25, -0.2) is 9.97 Å². The molecule has 0 spiro atoms. The van der Waals surface area contributed by atoms with Gasteiger partial charge in [0, 0.05) is 55.1 Å². The number of fused-ring (bicyclic) bond motifs is 1. The number of aromatic nitrogens is 3. The van der Waals surface area contributed by atoms with E-state index in [4.69, 9.17) is 4.98 Å². The van der Waals surface area contributed by atoms with Gasteiger partial charge in [-0.3, -0.25) is 4.98 Å². The molecule has 3 heterocycles. The SMILES string of the molecule is CC#Cc1ccc2ncc(-c3ccnc(N4CCNCC4)n3)cc2c1. The third-order valence-corrected chi connectivity index (χ3v) is 4.29. The van der Waals surface area contributed by atoms with Crippen LogP contribution in [-0.4, -0.2) is 41.1 Å². The molecule has 25 heavy (non-hydrogen) atoms. The highest BCUT2D eigenvalue weighted by Gasteiger charge is 2.14. The van der Waals surface area contributed by atoms with Crippen LogP contribution in [0.3, 0.4) is 0 Å². The zero-order valence-electron chi connectivity index (χ0n) is 14.2. The van der Waals surface area contributed by atoms with Crippen molar-refractivity contribution in [3.05, 3.63) is 48.3 Å². The summed E-state index contributed by atoms with van der Waals surface area (Å²) in [5.41, 5.74) is 3.85. The van der Waals surface area contributed by atoms with Crippen LogP contribution < -0.4 is 10.2 Å². The monoisotopic (exact) mass is 329 g/mol. The van der Waals surface area contributed by atoms with Crippen LogP contribution in [0.25, 0.3) is 22.2 Å². The average Bonchev–Trinajstić information content (AvgIpc) is 2.68. The first kappa shape index (κ1) is 15.6. The summed E-state index contributed by atoms with van der Waals surface area (Å²) in [7, 11) is 0.